The summed E-state index contributed by atoms with van der Waals surface area (Å²) in [5, 5.41) is 11.3. The van der Waals surface area contributed by atoms with E-state index in [1.165, 1.54) is 0 Å². The van der Waals surface area contributed by atoms with Crippen molar-refractivity contribution in [2.45, 2.75) is 0 Å². The molecule has 0 atom stereocenters. The van der Waals surface area contributed by atoms with Gasteiger partial charge in [-0.1, -0.05) is 18.2 Å². The van der Waals surface area contributed by atoms with E-state index in [1.807, 2.05) is 59.4 Å². The Kier molecular flexibility index (Phi) is 1.90. The van der Waals surface area contributed by atoms with Gasteiger partial charge in [-0.05, 0) is 12.1 Å². The van der Waals surface area contributed by atoms with Crippen LogP contribution in [0.25, 0.3) is 16.7 Å². The molecular formula is C13H10NO2+. The van der Waals surface area contributed by atoms with E-state index in [9.17, 15) is 5.11 Å². The first kappa shape index (κ1) is 8.97. The predicted octanol–water partition coefficient (Wildman–Crippen LogP) is 2.42. The number of pyridine rings is 1. The van der Waals surface area contributed by atoms with Crippen LogP contribution in [0.15, 0.2) is 59.3 Å². The van der Waals surface area contributed by atoms with Crippen molar-refractivity contribution < 1.29 is 14.1 Å². The van der Waals surface area contributed by atoms with Crippen LogP contribution in [0.5, 0.6) is 5.95 Å². The molecule has 3 rings (SSSR count). The summed E-state index contributed by atoms with van der Waals surface area (Å²) in [5.41, 5.74) is 0. The molecule has 3 aromatic rings. The topological polar surface area (TPSA) is 37.3 Å². The lowest BCUT2D eigenvalue weighted by Crippen LogP contribution is -2.28. The molecule has 0 aliphatic carbocycles. The second-order valence-corrected chi connectivity index (χ2v) is 3.54. The zero-order chi connectivity index (χ0) is 11.0. The highest BCUT2D eigenvalue weighted by Gasteiger charge is 2.19. The number of rotatable bonds is 1. The number of aromatic hydroxyl groups is 1. The molecule has 16 heavy (non-hydrogen) atoms. The highest BCUT2D eigenvalue weighted by atomic mass is 16.5. The minimum atomic E-state index is -0.0399. The second kappa shape index (κ2) is 3.38. The molecule has 78 valence electrons. The van der Waals surface area contributed by atoms with Crippen LogP contribution in [0, 0.1) is 0 Å². The highest BCUT2D eigenvalue weighted by Crippen LogP contribution is 2.30. The maximum atomic E-state index is 9.67. The Morgan fingerprint density at radius 2 is 1.56 bits per heavy atom. The minimum absolute atomic E-state index is 0.0399. The number of benzene rings is 1. The predicted molar refractivity (Wildman–Crippen MR) is 59.4 cm³/mol. The van der Waals surface area contributed by atoms with Gasteiger partial charge in [-0.15, -0.1) is 4.57 Å². The molecule has 0 aliphatic heterocycles. The number of nitrogens with zero attached hydrogens (tertiary/aromatic N) is 1. The van der Waals surface area contributed by atoms with Crippen molar-refractivity contribution in [2.24, 2.45) is 0 Å². The molecule has 1 N–H and O–H groups in total. The fourth-order valence-electron chi connectivity index (χ4n) is 1.78. The van der Waals surface area contributed by atoms with Crippen molar-refractivity contribution in [2.75, 3.05) is 0 Å². The van der Waals surface area contributed by atoms with E-state index in [1.54, 1.807) is 0 Å². The van der Waals surface area contributed by atoms with Crippen molar-refractivity contribution in [3.05, 3.63) is 54.9 Å². The summed E-state index contributed by atoms with van der Waals surface area (Å²) in [6, 6.07) is 13.3. The lowest BCUT2D eigenvalue weighted by molar-refractivity contribution is -0.607. The molecule has 0 saturated carbocycles. The molecule has 0 radical (unpaired) electrons. The van der Waals surface area contributed by atoms with Crippen molar-refractivity contribution in [3.8, 4) is 11.8 Å². The van der Waals surface area contributed by atoms with Gasteiger partial charge in [-0.2, -0.15) is 0 Å². The molecule has 1 aromatic carbocycles. The molecular weight excluding hydrogens is 202 g/mol. The van der Waals surface area contributed by atoms with E-state index in [2.05, 4.69) is 0 Å². The SMILES string of the molecule is Oc1oc(-[n+]2ccccc2)c2ccccc12. The summed E-state index contributed by atoms with van der Waals surface area (Å²) in [6.45, 7) is 0. The van der Waals surface area contributed by atoms with Gasteiger partial charge < -0.3 is 9.52 Å². The molecule has 0 amide bonds. The van der Waals surface area contributed by atoms with E-state index < -0.39 is 0 Å². The van der Waals surface area contributed by atoms with Gasteiger partial charge >= 0.3 is 5.88 Å². The third-order valence-electron chi connectivity index (χ3n) is 2.53. The highest BCUT2D eigenvalue weighted by molar-refractivity contribution is 5.90. The van der Waals surface area contributed by atoms with Gasteiger partial charge in [0.1, 0.15) is 5.39 Å². The van der Waals surface area contributed by atoms with Gasteiger partial charge in [-0.3, -0.25) is 0 Å². The molecule has 2 aromatic heterocycles. The maximum absolute atomic E-state index is 9.67. The lowest BCUT2D eigenvalue weighted by atomic mass is 10.2. The number of hydrogen-bond donors (Lipinski definition) is 1. The average molecular weight is 212 g/mol. The van der Waals surface area contributed by atoms with E-state index in [4.69, 9.17) is 4.42 Å². The largest absolute Gasteiger partial charge is 0.480 e. The number of furan rings is 1. The molecule has 3 heteroatoms. The van der Waals surface area contributed by atoms with E-state index >= 15 is 0 Å². The van der Waals surface area contributed by atoms with E-state index in [0.29, 0.717) is 5.88 Å². The number of aromatic nitrogens is 1. The second-order valence-electron chi connectivity index (χ2n) is 3.54. The number of fused-ring (bicyclic) bond motifs is 1. The van der Waals surface area contributed by atoms with Crippen molar-refractivity contribution in [1.82, 2.24) is 0 Å². The zero-order valence-corrected chi connectivity index (χ0v) is 8.50. The summed E-state index contributed by atoms with van der Waals surface area (Å²) in [7, 11) is 0. The van der Waals surface area contributed by atoms with Crippen LogP contribution in [-0.2, 0) is 0 Å². The molecule has 2 heterocycles. The Labute approximate surface area is 92.2 Å². The van der Waals surface area contributed by atoms with Gasteiger partial charge in [0.05, 0.1) is 5.39 Å². The van der Waals surface area contributed by atoms with Gasteiger partial charge in [-0.25, -0.2) is 0 Å². The summed E-state index contributed by atoms with van der Waals surface area (Å²) < 4.78 is 7.20. The van der Waals surface area contributed by atoms with Gasteiger partial charge in [0.15, 0.2) is 12.4 Å². The van der Waals surface area contributed by atoms with Crippen LogP contribution in [0.4, 0.5) is 0 Å². The fourth-order valence-corrected chi connectivity index (χ4v) is 1.78. The molecule has 0 bridgehead atoms. The third-order valence-corrected chi connectivity index (χ3v) is 2.53. The molecule has 0 fully saturated rings. The van der Waals surface area contributed by atoms with Crippen molar-refractivity contribution >= 4 is 10.8 Å². The standard InChI is InChI=1S/C13H9NO2/c15-13-11-7-3-2-6-10(11)12(16-13)14-8-4-1-5-9-14/h1-9H/p+1. The quantitative estimate of drug-likeness (QED) is 0.629. The Balaban J connectivity index is 2.33. The summed E-state index contributed by atoms with van der Waals surface area (Å²) >= 11 is 0. The normalized spacial score (nSPS) is 10.8. The molecule has 0 spiro atoms. The first-order valence-electron chi connectivity index (χ1n) is 5.03. The monoisotopic (exact) mass is 212 g/mol. The first-order chi connectivity index (χ1) is 7.86. The Hall–Kier alpha value is -2.29. The summed E-state index contributed by atoms with van der Waals surface area (Å²) in [6.07, 6.45) is 3.76. The zero-order valence-electron chi connectivity index (χ0n) is 8.50. The number of hydrogen-bond acceptors (Lipinski definition) is 2. The summed E-state index contributed by atoms with van der Waals surface area (Å²) in [4.78, 5) is 0. The molecule has 0 aliphatic rings. The molecule has 0 unspecified atom stereocenters. The van der Waals surface area contributed by atoms with Gasteiger partial charge in [0.25, 0.3) is 5.95 Å². The maximum Gasteiger partial charge on any atom is 0.389 e. The van der Waals surface area contributed by atoms with E-state index in [-0.39, 0.29) is 5.95 Å². The smallest absolute Gasteiger partial charge is 0.389 e. The Morgan fingerprint density at radius 1 is 0.875 bits per heavy atom. The van der Waals surface area contributed by atoms with Crippen LogP contribution < -0.4 is 4.57 Å². The minimum Gasteiger partial charge on any atom is -0.480 e. The fraction of sp³-hybridized carbons (Fsp3) is 0. The van der Waals surface area contributed by atoms with Crippen LogP contribution in [0.1, 0.15) is 0 Å². The van der Waals surface area contributed by atoms with Crippen LogP contribution in [0.3, 0.4) is 0 Å². The van der Waals surface area contributed by atoms with Gasteiger partial charge in [0, 0.05) is 12.1 Å². The van der Waals surface area contributed by atoms with Crippen LogP contribution in [0.2, 0.25) is 0 Å². The van der Waals surface area contributed by atoms with E-state index in [0.717, 1.165) is 10.8 Å². The summed E-state index contributed by atoms with van der Waals surface area (Å²) in [5.74, 6) is 0.593. The van der Waals surface area contributed by atoms with Crippen molar-refractivity contribution in [1.29, 1.82) is 0 Å². The Bertz CT molecular complexity index is 629. The average Bonchev–Trinajstić information content (AvgIpc) is 2.69. The molecule has 3 nitrogen and oxygen atoms in total. The molecule has 0 saturated heterocycles. The Morgan fingerprint density at radius 3 is 2.31 bits per heavy atom. The lowest BCUT2D eigenvalue weighted by Gasteiger charge is -1.89. The van der Waals surface area contributed by atoms with Gasteiger partial charge in [0.2, 0.25) is 0 Å². The first-order valence-corrected chi connectivity index (χ1v) is 5.03. The van der Waals surface area contributed by atoms with Crippen LogP contribution in [-0.4, -0.2) is 5.11 Å². The van der Waals surface area contributed by atoms with Crippen LogP contribution >= 0.6 is 0 Å². The van der Waals surface area contributed by atoms with Crippen molar-refractivity contribution in [3.63, 3.8) is 0 Å². The third kappa shape index (κ3) is 1.26.